The average molecular weight is 342 g/mol. The summed E-state index contributed by atoms with van der Waals surface area (Å²) in [7, 11) is 0. The predicted octanol–water partition coefficient (Wildman–Crippen LogP) is 5.77. The molecule has 3 aromatic rings. The van der Waals surface area contributed by atoms with Gasteiger partial charge in [-0.25, -0.2) is 0 Å². The molecule has 0 aliphatic heterocycles. The van der Waals surface area contributed by atoms with Crippen molar-refractivity contribution in [3.63, 3.8) is 0 Å². The second kappa shape index (κ2) is 8.31. The molecule has 2 aromatic carbocycles. The lowest BCUT2D eigenvalue weighted by Crippen LogP contribution is -1.96. The Bertz CT molecular complexity index is 906. The first-order valence-electron chi connectivity index (χ1n) is 8.91. The van der Waals surface area contributed by atoms with Crippen LogP contribution in [0, 0.1) is 18.3 Å². The molecule has 0 saturated carbocycles. The van der Waals surface area contributed by atoms with Crippen molar-refractivity contribution in [1.29, 1.82) is 5.26 Å². The SMILES string of the molecule is CCCCOc1ccc(-c2cnc(-c3ccc(C#N)cc3)c(C)c2)cc1. The number of unbranched alkanes of at least 4 members (excludes halogenated alkanes) is 1. The van der Waals surface area contributed by atoms with Gasteiger partial charge < -0.3 is 4.74 Å². The Morgan fingerprint density at radius 1 is 0.962 bits per heavy atom. The molecule has 1 heterocycles. The van der Waals surface area contributed by atoms with Crippen LogP contribution in [0.1, 0.15) is 30.9 Å². The molecule has 3 rings (SSSR count). The van der Waals surface area contributed by atoms with Gasteiger partial charge in [0, 0.05) is 17.3 Å². The van der Waals surface area contributed by atoms with Gasteiger partial charge >= 0.3 is 0 Å². The molecule has 3 heteroatoms. The van der Waals surface area contributed by atoms with E-state index < -0.39 is 0 Å². The quantitative estimate of drug-likeness (QED) is 0.534. The summed E-state index contributed by atoms with van der Waals surface area (Å²) in [6.07, 6.45) is 4.10. The number of hydrogen-bond acceptors (Lipinski definition) is 3. The van der Waals surface area contributed by atoms with E-state index in [0.29, 0.717) is 5.56 Å². The normalized spacial score (nSPS) is 10.3. The van der Waals surface area contributed by atoms with Crippen LogP contribution in [0.4, 0.5) is 0 Å². The van der Waals surface area contributed by atoms with E-state index in [-0.39, 0.29) is 0 Å². The number of nitriles is 1. The highest BCUT2D eigenvalue weighted by Crippen LogP contribution is 2.27. The van der Waals surface area contributed by atoms with E-state index >= 15 is 0 Å². The molecular formula is C23H22N2O. The van der Waals surface area contributed by atoms with Crippen LogP contribution in [0.15, 0.2) is 60.8 Å². The Morgan fingerprint density at radius 3 is 2.27 bits per heavy atom. The highest BCUT2D eigenvalue weighted by Gasteiger charge is 2.07. The molecule has 0 unspecified atom stereocenters. The molecule has 0 N–H and O–H groups in total. The average Bonchev–Trinajstić information content (AvgIpc) is 2.69. The molecule has 26 heavy (non-hydrogen) atoms. The van der Waals surface area contributed by atoms with Crippen LogP contribution in [0.5, 0.6) is 5.75 Å². The zero-order valence-electron chi connectivity index (χ0n) is 15.2. The highest BCUT2D eigenvalue weighted by atomic mass is 16.5. The van der Waals surface area contributed by atoms with Crippen LogP contribution in [0.2, 0.25) is 0 Å². The standard InChI is InChI=1S/C23H22N2O/c1-3-4-13-26-22-11-9-19(10-12-22)21-14-17(2)23(25-16-21)20-7-5-18(15-24)6-8-20/h5-12,14,16H,3-4,13H2,1-2H3. The molecule has 0 aliphatic carbocycles. The van der Waals surface area contributed by atoms with E-state index in [4.69, 9.17) is 10.00 Å². The van der Waals surface area contributed by atoms with Crippen molar-refractivity contribution in [1.82, 2.24) is 4.98 Å². The molecule has 3 nitrogen and oxygen atoms in total. The Hall–Kier alpha value is -3.12. The highest BCUT2D eigenvalue weighted by molar-refractivity contribution is 5.70. The fourth-order valence-electron chi connectivity index (χ4n) is 2.82. The van der Waals surface area contributed by atoms with E-state index in [9.17, 15) is 0 Å². The number of ether oxygens (including phenoxy) is 1. The summed E-state index contributed by atoms with van der Waals surface area (Å²) in [4.78, 5) is 4.65. The van der Waals surface area contributed by atoms with Gasteiger partial charge in [-0.05, 0) is 54.8 Å². The van der Waals surface area contributed by atoms with Crippen LogP contribution in [-0.2, 0) is 0 Å². The van der Waals surface area contributed by atoms with Crippen LogP contribution in [0.25, 0.3) is 22.4 Å². The third-order valence-electron chi connectivity index (χ3n) is 4.32. The summed E-state index contributed by atoms with van der Waals surface area (Å²) in [5.74, 6) is 0.904. The smallest absolute Gasteiger partial charge is 0.119 e. The number of rotatable bonds is 6. The summed E-state index contributed by atoms with van der Waals surface area (Å²) < 4.78 is 5.72. The maximum absolute atomic E-state index is 8.92. The van der Waals surface area contributed by atoms with E-state index in [1.165, 1.54) is 0 Å². The first-order valence-corrected chi connectivity index (χ1v) is 8.91. The van der Waals surface area contributed by atoms with E-state index in [2.05, 4.69) is 43.1 Å². The largest absolute Gasteiger partial charge is 0.494 e. The topological polar surface area (TPSA) is 45.9 Å². The molecule has 0 aliphatic rings. The predicted molar refractivity (Wildman–Crippen MR) is 105 cm³/mol. The summed E-state index contributed by atoms with van der Waals surface area (Å²) in [5, 5.41) is 8.92. The van der Waals surface area contributed by atoms with Gasteiger partial charge in [-0.3, -0.25) is 4.98 Å². The first kappa shape index (κ1) is 17.7. The van der Waals surface area contributed by atoms with Crippen LogP contribution >= 0.6 is 0 Å². The molecule has 0 fully saturated rings. The summed E-state index contributed by atoms with van der Waals surface area (Å²) in [6, 6.07) is 20.0. The van der Waals surface area contributed by atoms with Gasteiger partial charge in [-0.2, -0.15) is 5.26 Å². The van der Waals surface area contributed by atoms with Gasteiger partial charge in [0.2, 0.25) is 0 Å². The van der Waals surface area contributed by atoms with Gasteiger partial charge in [0.05, 0.1) is 23.9 Å². The molecular weight excluding hydrogens is 320 g/mol. The molecule has 0 atom stereocenters. The van der Waals surface area contributed by atoms with Crippen molar-refractivity contribution >= 4 is 0 Å². The van der Waals surface area contributed by atoms with Crippen LogP contribution in [-0.4, -0.2) is 11.6 Å². The van der Waals surface area contributed by atoms with Crippen molar-refractivity contribution in [3.05, 3.63) is 71.9 Å². The number of aryl methyl sites for hydroxylation is 1. The third-order valence-corrected chi connectivity index (χ3v) is 4.32. The monoisotopic (exact) mass is 342 g/mol. The van der Waals surface area contributed by atoms with Crippen molar-refractivity contribution in [2.75, 3.05) is 6.61 Å². The minimum absolute atomic E-state index is 0.657. The first-order chi connectivity index (χ1) is 12.7. The summed E-state index contributed by atoms with van der Waals surface area (Å²) >= 11 is 0. The zero-order valence-corrected chi connectivity index (χ0v) is 15.2. The van der Waals surface area contributed by atoms with Gasteiger partial charge in [-0.1, -0.05) is 37.6 Å². The van der Waals surface area contributed by atoms with Crippen molar-refractivity contribution in [2.45, 2.75) is 26.7 Å². The lowest BCUT2D eigenvalue weighted by Gasteiger charge is -2.10. The maximum Gasteiger partial charge on any atom is 0.119 e. The lowest BCUT2D eigenvalue weighted by molar-refractivity contribution is 0.309. The Morgan fingerprint density at radius 2 is 1.65 bits per heavy atom. The minimum atomic E-state index is 0.657. The lowest BCUT2D eigenvalue weighted by atomic mass is 10.0. The maximum atomic E-state index is 8.92. The molecule has 0 spiro atoms. The molecule has 130 valence electrons. The number of pyridine rings is 1. The van der Waals surface area contributed by atoms with Gasteiger partial charge in [-0.15, -0.1) is 0 Å². The van der Waals surface area contributed by atoms with E-state index in [0.717, 1.165) is 53.1 Å². The Kier molecular flexibility index (Phi) is 5.66. The van der Waals surface area contributed by atoms with Gasteiger partial charge in [0.15, 0.2) is 0 Å². The third kappa shape index (κ3) is 4.10. The second-order valence-electron chi connectivity index (χ2n) is 6.31. The molecule has 0 saturated heterocycles. The molecule has 1 aromatic heterocycles. The summed E-state index contributed by atoms with van der Waals surface area (Å²) in [5.41, 5.74) is 5.93. The number of benzene rings is 2. The second-order valence-corrected chi connectivity index (χ2v) is 6.31. The van der Waals surface area contributed by atoms with Crippen LogP contribution < -0.4 is 4.74 Å². The summed E-state index contributed by atoms with van der Waals surface area (Å²) in [6.45, 7) is 4.98. The fraction of sp³-hybridized carbons (Fsp3) is 0.217. The van der Waals surface area contributed by atoms with E-state index in [1.54, 1.807) is 0 Å². The fourth-order valence-corrected chi connectivity index (χ4v) is 2.82. The Labute approximate surface area is 154 Å². The van der Waals surface area contributed by atoms with E-state index in [1.807, 2.05) is 42.6 Å². The zero-order chi connectivity index (χ0) is 18.4. The van der Waals surface area contributed by atoms with Crippen LogP contribution in [0.3, 0.4) is 0 Å². The molecule has 0 radical (unpaired) electrons. The van der Waals surface area contributed by atoms with Crippen molar-refractivity contribution < 1.29 is 4.74 Å². The van der Waals surface area contributed by atoms with Gasteiger partial charge in [0.25, 0.3) is 0 Å². The molecule has 0 amide bonds. The number of aromatic nitrogens is 1. The van der Waals surface area contributed by atoms with Crippen molar-refractivity contribution in [2.24, 2.45) is 0 Å². The molecule has 0 bridgehead atoms. The Balaban J connectivity index is 1.79. The van der Waals surface area contributed by atoms with Gasteiger partial charge in [0.1, 0.15) is 5.75 Å². The number of hydrogen-bond donors (Lipinski definition) is 0. The minimum Gasteiger partial charge on any atom is -0.494 e. The van der Waals surface area contributed by atoms with Crippen molar-refractivity contribution in [3.8, 4) is 34.2 Å². The number of nitrogens with zero attached hydrogens (tertiary/aromatic N) is 2.